The number of nitrogens with zero attached hydrogens (tertiary/aromatic N) is 2. The van der Waals surface area contributed by atoms with Crippen molar-refractivity contribution in [2.24, 2.45) is 0 Å². The summed E-state index contributed by atoms with van der Waals surface area (Å²) in [6.07, 6.45) is 5.90. The van der Waals surface area contributed by atoms with Gasteiger partial charge in [0.1, 0.15) is 11.6 Å². The molecule has 5 heteroatoms. The lowest BCUT2D eigenvalue weighted by molar-refractivity contribution is 0.0267. The van der Waals surface area contributed by atoms with Crippen molar-refractivity contribution in [1.29, 1.82) is 0 Å². The van der Waals surface area contributed by atoms with Gasteiger partial charge in [-0.25, -0.2) is 8.78 Å². The molecule has 1 saturated heterocycles. The van der Waals surface area contributed by atoms with Gasteiger partial charge in [-0.15, -0.1) is 0 Å². The molecular weight excluding hydrogens is 298 g/mol. The lowest BCUT2D eigenvalue weighted by Crippen LogP contribution is -2.56. The predicted molar refractivity (Wildman–Crippen MR) is 86.1 cm³/mol. The zero-order chi connectivity index (χ0) is 16.2. The van der Waals surface area contributed by atoms with Crippen LogP contribution in [0, 0.1) is 11.6 Å². The molecule has 128 valence electrons. The number of hydrogen-bond acceptors (Lipinski definition) is 3. The van der Waals surface area contributed by atoms with Gasteiger partial charge in [0, 0.05) is 50.9 Å². The molecule has 3 nitrogen and oxygen atoms in total. The van der Waals surface area contributed by atoms with Gasteiger partial charge in [-0.3, -0.25) is 9.80 Å². The maximum absolute atomic E-state index is 13.3. The van der Waals surface area contributed by atoms with Gasteiger partial charge in [0.05, 0.1) is 0 Å². The van der Waals surface area contributed by atoms with E-state index in [0.717, 1.165) is 32.1 Å². The minimum absolute atomic E-state index is 0.191. The van der Waals surface area contributed by atoms with Crippen molar-refractivity contribution in [2.75, 3.05) is 26.2 Å². The van der Waals surface area contributed by atoms with Crippen molar-refractivity contribution >= 4 is 0 Å². The molecule has 1 heterocycles. The van der Waals surface area contributed by atoms with Gasteiger partial charge < -0.3 is 5.11 Å². The van der Waals surface area contributed by atoms with E-state index in [4.69, 9.17) is 0 Å². The Morgan fingerprint density at radius 3 is 2.39 bits per heavy atom. The first-order chi connectivity index (χ1) is 11.2. The third-order valence-electron chi connectivity index (χ3n) is 5.20. The average molecular weight is 324 g/mol. The molecule has 1 atom stereocenters. The van der Waals surface area contributed by atoms with E-state index < -0.39 is 11.6 Å². The Balaban J connectivity index is 1.64. The Morgan fingerprint density at radius 2 is 1.74 bits per heavy atom. The second-order valence-electron chi connectivity index (χ2n) is 6.86. The van der Waals surface area contributed by atoms with Crippen LogP contribution >= 0.6 is 0 Å². The van der Waals surface area contributed by atoms with E-state index in [9.17, 15) is 13.9 Å². The van der Waals surface area contributed by atoms with Gasteiger partial charge in [0.15, 0.2) is 0 Å². The topological polar surface area (TPSA) is 26.7 Å². The van der Waals surface area contributed by atoms with Gasteiger partial charge in [0.2, 0.25) is 0 Å². The van der Waals surface area contributed by atoms with E-state index in [2.05, 4.69) is 9.80 Å². The fraction of sp³-hybridized carbons (Fsp3) is 0.667. The Hall–Kier alpha value is -1.04. The summed E-state index contributed by atoms with van der Waals surface area (Å²) in [5.41, 5.74) is 0.680. The smallest absolute Gasteiger partial charge is 0.126 e. The van der Waals surface area contributed by atoms with Crippen LogP contribution in [0.15, 0.2) is 18.2 Å². The van der Waals surface area contributed by atoms with Crippen LogP contribution in [-0.4, -0.2) is 53.2 Å². The third-order valence-corrected chi connectivity index (χ3v) is 5.20. The van der Waals surface area contributed by atoms with Crippen LogP contribution in [0.3, 0.4) is 0 Å². The fourth-order valence-electron chi connectivity index (χ4n) is 4.16. The van der Waals surface area contributed by atoms with Crippen molar-refractivity contribution in [2.45, 2.75) is 50.7 Å². The number of rotatable bonds is 5. The molecule has 2 aliphatic rings. The van der Waals surface area contributed by atoms with E-state index in [-0.39, 0.29) is 6.61 Å². The van der Waals surface area contributed by atoms with Crippen LogP contribution in [-0.2, 0) is 6.54 Å². The van der Waals surface area contributed by atoms with Crippen molar-refractivity contribution in [3.63, 3.8) is 0 Å². The standard InChI is InChI=1S/C18H26F2N2O/c19-15-9-14(10-16(20)11-15)12-21-6-7-22(17-3-1-2-4-17)18(13-21)5-8-23/h9-11,17-18,23H,1-8,12-13H2. The van der Waals surface area contributed by atoms with Crippen molar-refractivity contribution in [3.8, 4) is 0 Å². The normalized spacial score (nSPS) is 24.4. The van der Waals surface area contributed by atoms with Crippen LogP contribution in [0.25, 0.3) is 0 Å². The summed E-state index contributed by atoms with van der Waals surface area (Å²) < 4.78 is 26.7. The average Bonchev–Trinajstić information content (AvgIpc) is 3.01. The molecule has 0 bridgehead atoms. The maximum atomic E-state index is 13.3. The summed E-state index contributed by atoms with van der Waals surface area (Å²) in [7, 11) is 0. The van der Waals surface area contributed by atoms with Gasteiger partial charge in [-0.1, -0.05) is 12.8 Å². The predicted octanol–water partition coefficient (Wildman–Crippen LogP) is 2.78. The molecular formula is C18H26F2N2O. The quantitative estimate of drug-likeness (QED) is 0.902. The van der Waals surface area contributed by atoms with E-state index in [1.165, 1.54) is 37.8 Å². The van der Waals surface area contributed by atoms with E-state index >= 15 is 0 Å². The molecule has 1 unspecified atom stereocenters. The molecule has 2 fully saturated rings. The Morgan fingerprint density at radius 1 is 1.04 bits per heavy atom. The Bertz CT molecular complexity index is 499. The Kier molecular flexibility index (Phi) is 5.62. The molecule has 0 radical (unpaired) electrons. The summed E-state index contributed by atoms with van der Waals surface area (Å²) in [6.45, 7) is 3.50. The third kappa shape index (κ3) is 4.28. The van der Waals surface area contributed by atoms with Gasteiger partial charge in [-0.2, -0.15) is 0 Å². The Labute approximate surface area is 136 Å². The molecule has 1 aliphatic carbocycles. The number of piperazine rings is 1. The van der Waals surface area contributed by atoms with Crippen LogP contribution in [0.4, 0.5) is 8.78 Å². The highest BCUT2D eigenvalue weighted by Gasteiger charge is 2.32. The molecule has 0 amide bonds. The zero-order valence-electron chi connectivity index (χ0n) is 13.6. The van der Waals surface area contributed by atoms with E-state index in [0.29, 0.717) is 24.2 Å². The largest absolute Gasteiger partial charge is 0.396 e. The van der Waals surface area contributed by atoms with Gasteiger partial charge in [-0.05, 0) is 37.0 Å². The summed E-state index contributed by atoms with van der Waals surface area (Å²) >= 11 is 0. The fourth-order valence-corrected chi connectivity index (χ4v) is 4.16. The molecule has 3 rings (SSSR count). The number of hydrogen-bond donors (Lipinski definition) is 1. The molecule has 1 saturated carbocycles. The first kappa shape index (κ1) is 16.8. The second kappa shape index (κ2) is 7.69. The van der Waals surface area contributed by atoms with Crippen LogP contribution in [0.5, 0.6) is 0 Å². The summed E-state index contributed by atoms with van der Waals surface area (Å²) in [5, 5.41) is 9.38. The second-order valence-corrected chi connectivity index (χ2v) is 6.86. The zero-order valence-corrected chi connectivity index (χ0v) is 13.6. The van der Waals surface area contributed by atoms with Crippen molar-refractivity contribution in [1.82, 2.24) is 9.80 Å². The van der Waals surface area contributed by atoms with E-state index in [1.54, 1.807) is 0 Å². The van der Waals surface area contributed by atoms with Crippen molar-refractivity contribution < 1.29 is 13.9 Å². The van der Waals surface area contributed by atoms with Gasteiger partial charge in [0.25, 0.3) is 0 Å². The summed E-state index contributed by atoms with van der Waals surface area (Å²) in [6, 6.07) is 4.73. The minimum Gasteiger partial charge on any atom is -0.396 e. The highest BCUT2D eigenvalue weighted by molar-refractivity contribution is 5.18. The minimum atomic E-state index is -0.517. The van der Waals surface area contributed by atoms with Gasteiger partial charge >= 0.3 is 0 Å². The SMILES string of the molecule is OCCC1CN(Cc2cc(F)cc(F)c2)CCN1C1CCCC1. The molecule has 1 aromatic carbocycles. The van der Waals surface area contributed by atoms with Crippen LogP contribution < -0.4 is 0 Å². The number of benzene rings is 1. The maximum Gasteiger partial charge on any atom is 0.126 e. The lowest BCUT2D eigenvalue weighted by Gasteiger charge is -2.44. The highest BCUT2D eigenvalue weighted by atomic mass is 19.1. The number of aliphatic hydroxyl groups is 1. The molecule has 1 aliphatic heterocycles. The molecule has 1 aromatic rings. The summed E-state index contributed by atoms with van der Waals surface area (Å²) in [5.74, 6) is -1.03. The lowest BCUT2D eigenvalue weighted by atomic mass is 10.0. The monoisotopic (exact) mass is 324 g/mol. The first-order valence-corrected chi connectivity index (χ1v) is 8.69. The molecule has 23 heavy (non-hydrogen) atoms. The summed E-state index contributed by atoms with van der Waals surface area (Å²) in [4.78, 5) is 4.81. The number of aliphatic hydroxyl groups excluding tert-OH is 1. The van der Waals surface area contributed by atoms with Crippen LogP contribution in [0.2, 0.25) is 0 Å². The van der Waals surface area contributed by atoms with Crippen molar-refractivity contribution in [3.05, 3.63) is 35.4 Å². The van der Waals surface area contributed by atoms with E-state index in [1.807, 2.05) is 0 Å². The molecule has 1 N–H and O–H groups in total. The van der Waals surface area contributed by atoms with Crippen LogP contribution in [0.1, 0.15) is 37.7 Å². The molecule has 0 aromatic heterocycles. The highest BCUT2D eigenvalue weighted by Crippen LogP contribution is 2.28. The first-order valence-electron chi connectivity index (χ1n) is 8.69. The molecule has 0 spiro atoms. The number of halogens is 2.